The van der Waals surface area contributed by atoms with Crippen molar-refractivity contribution in [3.63, 3.8) is 0 Å². The molecular weight excluding hydrogens is 296 g/mol. The van der Waals surface area contributed by atoms with E-state index in [1.165, 1.54) is 0 Å². The van der Waals surface area contributed by atoms with E-state index in [0.717, 1.165) is 28.8 Å². The highest BCUT2D eigenvalue weighted by Gasteiger charge is 2.12. The van der Waals surface area contributed by atoms with Crippen LogP contribution >= 0.6 is 0 Å². The standard InChI is InChI=1S/C21H20N2O/c1-3-18-14-17-9-7-8-16(13-12-15(2)22)20(17)21(24)23(18)19-10-5-4-6-11-19/h4-11,14-15H,3,22H2,1-2H3. The van der Waals surface area contributed by atoms with Crippen LogP contribution in [0.5, 0.6) is 0 Å². The molecule has 1 aromatic heterocycles. The average Bonchev–Trinajstić information content (AvgIpc) is 2.60. The number of hydrogen-bond donors (Lipinski definition) is 1. The minimum Gasteiger partial charge on any atom is -0.318 e. The minimum absolute atomic E-state index is 0.0369. The monoisotopic (exact) mass is 316 g/mol. The molecule has 2 aromatic carbocycles. The predicted octanol–water partition coefficient (Wildman–Crippen LogP) is 3.25. The zero-order valence-corrected chi connectivity index (χ0v) is 13.9. The number of nitrogens with zero attached hydrogens (tertiary/aromatic N) is 1. The van der Waals surface area contributed by atoms with Crippen LogP contribution in [0.4, 0.5) is 0 Å². The Morgan fingerprint density at radius 2 is 1.88 bits per heavy atom. The molecule has 3 aromatic rings. The molecule has 0 saturated carbocycles. The summed E-state index contributed by atoms with van der Waals surface area (Å²) < 4.78 is 1.78. The van der Waals surface area contributed by atoms with Crippen molar-refractivity contribution in [3.8, 4) is 17.5 Å². The number of aryl methyl sites for hydroxylation is 1. The maximum absolute atomic E-state index is 13.2. The van der Waals surface area contributed by atoms with E-state index in [-0.39, 0.29) is 11.6 Å². The van der Waals surface area contributed by atoms with E-state index < -0.39 is 0 Å². The minimum atomic E-state index is -0.230. The Kier molecular flexibility index (Phi) is 4.50. The van der Waals surface area contributed by atoms with Crippen LogP contribution in [0.25, 0.3) is 16.5 Å². The van der Waals surface area contributed by atoms with Gasteiger partial charge in [0.15, 0.2) is 0 Å². The van der Waals surface area contributed by atoms with E-state index >= 15 is 0 Å². The van der Waals surface area contributed by atoms with E-state index in [1.807, 2.05) is 55.5 Å². The molecule has 0 saturated heterocycles. The van der Waals surface area contributed by atoms with Gasteiger partial charge in [-0.25, -0.2) is 0 Å². The number of nitrogens with two attached hydrogens (primary N) is 1. The molecule has 1 atom stereocenters. The number of pyridine rings is 1. The molecule has 0 bridgehead atoms. The SMILES string of the molecule is CCc1cc2cccc(C#CC(C)N)c2c(=O)n1-c1ccccc1. The summed E-state index contributed by atoms with van der Waals surface area (Å²) >= 11 is 0. The normalized spacial score (nSPS) is 11.8. The fourth-order valence-electron chi connectivity index (χ4n) is 2.83. The molecule has 3 heteroatoms. The summed E-state index contributed by atoms with van der Waals surface area (Å²) in [6.07, 6.45) is 0.774. The molecule has 0 radical (unpaired) electrons. The molecule has 1 heterocycles. The molecule has 0 aliphatic carbocycles. The lowest BCUT2D eigenvalue weighted by molar-refractivity contribution is 0.889. The largest absolute Gasteiger partial charge is 0.318 e. The van der Waals surface area contributed by atoms with E-state index in [2.05, 4.69) is 24.8 Å². The van der Waals surface area contributed by atoms with Gasteiger partial charge in [-0.05, 0) is 43.0 Å². The Morgan fingerprint density at radius 1 is 1.12 bits per heavy atom. The summed E-state index contributed by atoms with van der Waals surface area (Å²) in [4.78, 5) is 13.2. The van der Waals surface area contributed by atoms with Crippen LogP contribution in [0.15, 0.2) is 59.4 Å². The van der Waals surface area contributed by atoms with Crippen molar-refractivity contribution in [2.24, 2.45) is 5.73 Å². The molecule has 0 spiro atoms. The van der Waals surface area contributed by atoms with Crippen molar-refractivity contribution in [1.82, 2.24) is 4.57 Å². The summed E-state index contributed by atoms with van der Waals surface area (Å²) in [6, 6.07) is 17.3. The van der Waals surface area contributed by atoms with Crippen LogP contribution in [-0.2, 0) is 6.42 Å². The molecule has 2 N–H and O–H groups in total. The summed E-state index contributed by atoms with van der Waals surface area (Å²) in [5.74, 6) is 6.00. The second-order valence-corrected chi connectivity index (χ2v) is 5.79. The van der Waals surface area contributed by atoms with Gasteiger partial charge in [-0.15, -0.1) is 0 Å². The van der Waals surface area contributed by atoms with Gasteiger partial charge in [0.05, 0.1) is 11.4 Å². The van der Waals surface area contributed by atoms with Crippen molar-refractivity contribution in [1.29, 1.82) is 0 Å². The third-order valence-electron chi connectivity index (χ3n) is 3.93. The lowest BCUT2D eigenvalue weighted by Crippen LogP contribution is -2.22. The van der Waals surface area contributed by atoms with Gasteiger partial charge in [0.1, 0.15) is 0 Å². The molecule has 1 unspecified atom stereocenters. The first kappa shape index (κ1) is 16.0. The maximum atomic E-state index is 13.2. The van der Waals surface area contributed by atoms with Crippen molar-refractivity contribution < 1.29 is 0 Å². The summed E-state index contributed by atoms with van der Waals surface area (Å²) in [5.41, 5.74) is 8.27. The second-order valence-electron chi connectivity index (χ2n) is 5.79. The molecule has 0 amide bonds. The first-order valence-electron chi connectivity index (χ1n) is 8.12. The van der Waals surface area contributed by atoms with Gasteiger partial charge in [0.2, 0.25) is 0 Å². The predicted molar refractivity (Wildman–Crippen MR) is 99.5 cm³/mol. The van der Waals surface area contributed by atoms with Gasteiger partial charge in [0, 0.05) is 16.9 Å². The molecular formula is C21H20N2O. The van der Waals surface area contributed by atoms with E-state index in [9.17, 15) is 4.79 Å². The third kappa shape index (κ3) is 2.97. The first-order valence-corrected chi connectivity index (χ1v) is 8.12. The van der Waals surface area contributed by atoms with Gasteiger partial charge >= 0.3 is 0 Å². The summed E-state index contributed by atoms with van der Waals surface area (Å²) in [5, 5.41) is 1.56. The molecule has 24 heavy (non-hydrogen) atoms. The number of aromatic nitrogens is 1. The van der Waals surface area contributed by atoms with Crippen LogP contribution in [-0.4, -0.2) is 10.6 Å². The topological polar surface area (TPSA) is 48.0 Å². The molecule has 120 valence electrons. The molecule has 0 fully saturated rings. The fraction of sp³-hybridized carbons (Fsp3) is 0.190. The Morgan fingerprint density at radius 3 is 2.54 bits per heavy atom. The number of para-hydroxylation sites is 1. The van der Waals surface area contributed by atoms with E-state index in [1.54, 1.807) is 4.57 Å². The highest BCUT2D eigenvalue weighted by molar-refractivity contribution is 5.88. The summed E-state index contributed by atoms with van der Waals surface area (Å²) in [7, 11) is 0. The van der Waals surface area contributed by atoms with Crippen molar-refractivity contribution >= 4 is 10.8 Å². The Labute approximate surface area is 141 Å². The highest BCUT2D eigenvalue weighted by atomic mass is 16.1. The highest BCUT2D eigenvalue weighted by Crippen LogP contribution is 2.19. The van der Waals surface area contributed by atoms with Crippen molar-refractivity contribution in [2.75, 3.05) is 0 Å². The maximum Gasteiger partial charge on any atom is 0.264 e. The number of benzene rings is 2. The average molecular weight is 316 g/mol. The van der Waals surface area contributed by atoms with Crippen LogP contribution in [0.3, 0.4) is 0 Å². The molecule has 3 nitrogen and oxygen atoms in total. The van der Waals surface area contributed by atoms with Crippen LogP contribution in [0.2, 0.25) is 0 Å². The third-order valence-corrected chi connectivity index (χ3v) is 3.93. The fourth-order valence-corrected chi connectivity index (χ4v) is 2.83. The Hall–Kier alpha value is -2.83. The van der Waals surface area contributed by atoms with E-state index in [4.69, 9.17) is 5.73 Å². The van der Waals surface area contributed by atoms with Crippen LogP contribution in [0.1, 0.15) is 25.1 Å². The zero-order valence-electron chi connectivity index (χ0n) is 13.9. The van der Waals surface area contributed by atoms with Gasteiger partial charge in [-0.2, -0.15) is 0 Å². The van der Waals surface area contributed by atoms with Gasteiger partial charge in [-0.1, -0.05) is 49.1 Å². The molecule has 0 aliphatic rings. The van der Waals surface area contributed by atoms with Crippen LogP contribution in [0, 0.1) is 11.8 Å². The summed E-state index contributed by atoms with van der Waals surface area (Å²) in [6.45, 7) is 3.88. The molecule has 3 rings (SSSR count). The van der Waals surface area contributed by atoms with Gasteiger partial charge < -0.3 is 5.73 Å². The van der Waals surface area contributed by atoms with Crippen LogP contribution < -0.4 is 11.3 Å². The number of fused-ring (bicyclic) bond motifs is 1. The Balaban J connectivity index is 2.38. The van der Waals surface area contributed by atoms with Gasteiger partial charge in [-0.3, -0.25) is 9.36 Å². The van der Waals surface area contributed by atoms with Gasteiger partial charge in [0.25, 0.3) is 5.56 Å². The first-order chi connectivity index (χ1) is 11.6. The van der Waals surface area contributed by atoms with Crippen molar-refractivity contribution in [3.05, 3.63) is 76.2 Å². The number of rotatable bonds is 2. The van der Waals surface area contributed by atoms with E-state index in [0.29, 0.717) is 5.39 Å². The number of hydrogen-bond acceptors (Lipinski definition) is 2. The Bertz CT molecular complexity index is 989. The quantitative estimate of drug-likeness (QED) is 0.738. The second kappa shape index (κ2) is 6.74. The lowest BCUT2D eigenvalue weighted by Gasteiger charge is -2.14. The molecule has 0 aliphatic heterocycles. The zero-order chi connectivity index (χ0) is 17.1. The lowest BCUT2D eigenvalue weighted by atomic mass is 10.0. The smallest absolute Gasteiger partial charge is 0.264 e. The van der Waals surface area contributed by atoms with Crippen molar-refractivity contribution in [2.45, 2.75) is 26.3 Å².